The van der Waals surface area contributed by atoms with Gasteiger partial charge in [-0.25, -0.2) is 0 Å². The number of aryl methyl sites for hydroxylation is 1. The number of hydrogen-bond acceptors (Lipinski definition) is 3. The van der Waals surface area contributed by atoms with Gasteiger partial charge >= 0.3 is 0 Å². The Morgan fingerprint density at radius 2 is 1.92 bits per heavy atom. The van der Waals surface area contributed by atoms with E-state index >= 15 is 0 Å². The Balaban J connectivity index is 2.14. The minimum absolute atomic E-state index is 0.224. The molecule has 1 aromatic heterocycles. The number of rotatable bonds is 3. The number of nitriles is 1. The van der Waals surface area contributed by atoms with Gasteiger partial charge in [0.25, 0.3) is 0 Å². The van der Waals surface area contributed by atoms with Crippen molar-refractivity contribution in [1.29, 1.82) is 5.26 Å². The van der Waals surface area contributed by atoms with Crippen LogP contribution in [0.4, 0.5) is 5.69 Å². The fourth-order valence-electron chi connectivity index (χ4n) is 3.49. The summed E-state index contributed by atoms with van der Waals surface area (Å²) < 4.78 is 2.14. The van der Waals surface area contributed by atoms with E-state index in [-0.39, 0.29) is 6.17 Å². The van der Waals surface area contributed by atoms with Crippen LogP contribution in [0.2, 0.25) is 0 Å². The van der Waals surface area contributed by atoms with Crippen molar-refractivity contribution in [2.45, 2.75) is 46.8 Å². The number of pyridine rings is 1. The third-order valence-electron chi connectivity index (χ3n) is 4.91. The zero-order valence-corrected chi connectivity index (χ0v) is 15.6. The van der Waals surface area contributed by atoms with Crippen LogP contribution in [-0.2, 0) is 0 Å². The van der Waals surface area contributed by atoms with E-state index in [0.29, 0.717) is 11.6 Å². The van der Waals surface area contributed by atoms with Gasteiger partial charge in [-0.1, -0.05) is 6.07 Å². The average molecular weight is 333 g/mol. The Kier molecular flexibility index (Phi) is 4.50. The zero-order chi connectivity index (χ0) is 18.1. The highest BCUT2D eigenvalue weighted by molar-refractivity contribution is 5.65. The summed E-state index contributed by atoms with van der Waals surface area (Å²) in [7, 11) is 0. The normalized spacial score (nSPS) is 16.6. The van der Waals surface area contributed by atoms with Gasteiger partial charge in [0.15, 0.2) is 11.9 Å². The van der Waals surface area contributed by atoms with Crippen molar-refractivity contribution in [1.82, 2.24) is 4.90 Å². The second kappa shape index (κ2) is 6.60. The van der Waals surface area contributed by atoms with Gasteiger partial charge < -0.3 is 9.80 Å². The molecule has 4 nitrogen and oxygen atoms in total. The number of benzene rings is 1. The first kappa shape index (κ1) is 17.0. The summed E-state index contributed by atoms with van der Waals surface area (Å²) in [6.45, 7) is 10.8. The predicted molar refractivity (Wildman–Crippen MR) is 100 cm³/mol. The summed E-state index contributed by atoms with van der Waals surface area (Å²) in [4.78, 5) is 4.57. The molecule has 0 unspecified atom stereocenters. The Hall–Kier alpha value is -2.80. The Morgan fingerprint density at radius 3 is 2.52 bits per heavy atom. The van der Waals surface area contributed by atoms with Crippen LogP contribution in [-0.4, -0.2) is 17.1 Å². The fraction of sp³-hybridized carbons (Fsp3) is 0.333. The molecule has 0 fully saturated rings. The minimum atomic E-state index is 0.224. The first-order chi connectivity index (χ1) is 11.9. The second-order valence-corrected chi connectivity index (χ2v) is 6.84. The van der Waals surface area contributed by atoms with Gasteiger partial charge in [-0.05, 0) is 33.8 Å². The monoisotopic (exact) mass is 333 g/mol. The summed E-state index contributed by atoms with van der Waals surface area (Å²) in [6.07, 6.45) is 6.52. The van der Waals surface area contributed by atoms with Crippen molar-refractivity contribution < 1.29 is 4.57 Å². The summed E-state index contributed by atoms with van der Waals surface area (Å²) in [5.74, 6) is 0. The molecule has 0 bridgehead atoms. The zero-order valence-electron chi connectivity index (χ0n) is 15.6. The van der Waals surface area contributed by atoms with Crippen LogP contribution in [0.25, 0.3) is 5.69 Å². The lowest BCUT2D eigenvalue weighted by Crippen LogP contribution is -2.40. The quantitative estimate of drug-likeness (QED) is 0.801. The molecule has 4 heteroatoms. The topological polar surface area (TPSA) is 34.1 Å². The van der Waals surface area contributed by atoms with Crippen LogP contribution in [0, 0.1) is 25.2 Å². The summed E-state index contributed by atoms with van der Waals surface area (Å²) >= 11 is 0. The lowest BCUT2D eigenvalue weighted by Gasteiger charge is -2.33. The SMILES string of the molecule is Cc1c(N2C=CN(C(C)C)[C@H]2C)cc(C#N)cc1-[n+]1ccccc1C. The first-order valence-electron chi connectivity index (χ1n) is 8.70. The molecule has 0 saturated carbocycles. The Labute approximate surface area is 150 Å². The van der Waals surface area contributed by atoms with Gasteiger partial charge in [0.2, 0.25) is 5.69 Å². The number of aromatic nitrogens is 1. The summed E-state index contributed by atoms with van der Waals surface area (Å²) in [6, 6.07) is 12.8. The maximum atomic E-state index is 9.54. The molecule has 128 valence electrons. The fourth-order valence-corrected chi connectivity index (χ4v) is 3.49. The van der Waals surface area contributed by atoms with E-state index in [0.717, 1.165) is 17.1 Å². The van der Waals surface area contributed by atoms with Crippen molar-refractivity contribution in [2.24, 2.45) is 0 Å². The van der Waals surface area contributed by atoms with Crippen molar-refractivity contribution in [2.75, 3.05) is 4.90 Å². The summed E-state index contributed by atoms with van der Waals surface area (Å²) in [5, 5.41) is 9.54. The van der Waals surface area contributed by atoms with Gasteiger partial charge in [0.05, 0.1) is 17.3 Å². The number of nitrogens with zero attached hydrogens (tertiary/aromatic N) is 4. The molecule has 0 saturated heterocycles. The molecule has 0 amide bonds. The smallest absolute Gasteiger partial charge is 0.217 e. The lowest BCUT2D eigenvalue weighted by atomic mass is 10.1. The lowest BCUT2D eigenvalue weighted by molar-refractivity contribution is -0.603. The Morgan fingerprint density at radius 1 is 1.16 bits per heavy atom. The number of anilines is 1. The van der Waals surface area contributed by atoms with Gasteiger partial charge in [0, 0.05) is 49.1 Å². The number of hydrogen-bond donors (Lipinski definition) is 0. The van der Waals surface area contributed by atoms with Crippen LogP contribution >= 0.6 is 0 Å². The molecular weight excluding hydrogens is 308 g/mol. The van der Waals surface area contributed by atoms with Crippen molar-refractivity contribution in [3.8, 4) is 11.8 Å². The standard InChI is InChI=1S/C21H25N4/c1-15(2)23-10-11-25(18(23)5)21-13-19(14-22)12-20(17(21)4)24-9-7-6-8-16(24)3/h6-13,15,18H,1-5H3/q+1/t18-/m1/s1. The highest BCUT2D eigenvalue weighted by Crippen LogP contribution is 2.31. The molecule has 1 atom stereocenters. The van der Waals surface area contributed by atoms with E-state index in [2.05, 4.69) is 73.5 Å². The predicted octanol–water partition coefficient (Wildman–Crippen LogP) is 3.80. The molecule has 1 aromatic carbocycles. The summed E-state index contributed by atoms with van der Waals surface area (Å²) in [5.41, 5.74) is 5.11. The molecule has 2 heterocycles. The minimum Gasteiger partial charge on any atom is -0.353 e. The largest absolute Gasteiger partial charge is 0.353 e. The van der Waals surface area contributed by atoms with Gasteiger partial charge in [-0.15, -0.1) is 0 Å². The van der Waals surface area contributed by atoms with Crippen LogP contribution in [0.1, 0.15) is 37.6 Å². The molecule has 0 radical (unpaired) electrons. The molecule has 2 aromatic rings. The molecule has 0 aliphatic carbocycles. The van der Waals surface area contributed by atoms with E-state index < -0.39 is 0 Å². The molecule has 1 aliphatic rings. The van der Waals surface area contributed by atoms with E-state index in [4.69, 9.17) is 0 Å². The van der Waals surface area contributed by atoms with Crippen LogP contribution in [0.5, 0.6) is 0 Å². The average Bonchev–Trinajstić information content (AvgIpc) is 2.97. The van der Waals surface area contributed by atoms with Crippen LogP contribution in [0.15, 0.2) is 48.9 Å². The molecule has 1 aliphatic heterocycles. The van der Waals surface area contributed by atoms with E-state index in [1.54, 1.807) is 0 Å². The van der Waals surface area contributed by atoms with E-state index in [9.17, 15) is 5.26 Å². The van der Waals surface area contributed by atoms with Crippen molar-refractivity contribution in [3.05, 3.63) is 65.7 Å². The van der Waals surface area contributed by atoms with Gasteiger partial charge in [-0.2, -0.15) is 9.83 Å². The van der Waals surface area contributed by atoms with Gasteiger partial charge in [0.1, 0.15) is 6.17 Å². The van der Waals surface area contributed by atoms with Crippen LogP contribution < -0.4 is 9.47 Å². The van der Waals surface area contributed by atoms with Crippen molar-refractivity contribution in [3.63, 3.8) is 0 Å². The maximum absolute atomic E-state index is 9.54. The van der Waals surface area contributed by atoms with Crippen LogP contribution in [0.3, 0.4) is 0 Å². The third-order valence-corrected chi connectivity index (χ3v) is 4.91. The highest BCUT2D eigenvalue weighted by atomic mass is 15.4. The highest BCUT2D eigenvalue weighted by Gasteiger charge is 2.28. The second-order valence-electron chi connectivity index (χ2n) is 6.84. The van der Waals surface area contributed by atoms with E-state index in [1.807, 2.05) is 30.5 Å². The van der Waals surface area contributed by atoms with Crippen molar-refractivity contribution >= 4 is 5.69 Å². The molecule has 0 spiro atoms. The Bertz CT molecular complexity index is 861. The van der Waals surface area contributed by atoms with E-state index in [1.165, 1.54) is 5.56 Å². The molecular formula is C21H25N4+. The maximum Gasteiger partial charge on any atom is 0.217 e. The molecule has 25 heavy (non-hydrogen) atoms. The third kappa shape index (κ3) is 2.98. The van der Waals surface area contributed by atoms with Gasteiger partial charge in [-0.3, -0.25) is 0 Å². The molecule has 0 N–H and O–H groups in total. The molecule has 3 rings (SSSR count). The first-order valence-corrected chi connectivity index (χ1v) is 8.70.